The molecule has 0 radical (unpaired) electrons. The Morgan fingerprint density at radius 3 is 2.71 bits per heavy atom. The van der Waals surface area contributed by atoms with Crippen LogP contribution >= 0.6 is 15.9 Å². The summed E-state index contributed by atoms with van der Waals surface area (Å²) in [4.78, 5) is 4.12. The van der Waals surface area contributed by atoms with Crippen molar-refractivity contribution in [2.45, 2.75) is 13.8 Å². The molecule has 0 bridgehead atoms. The molecule has 1 aromatic heterocycles. The highest BCUT2D eigenvalue weighted by molar-refractivity contribution is 9.10. The molecule has 0 saturated heterocycles. The summed E-state index contributed by atoms with van der Waals surface area (Å²) < 4.78 is 27.6. The van der Waals surface area contributed by atoms with Crippen LogP contribution in [0.2, 0.25) is 0 Å². The van der Waals surface area contributed by atoms with Gasteiger partial charge in [0.25, 0.3) is 0 Å². The molecule has 2 aromatic rings. The minimum Gasteiger partial charge on any atom is -0.370 e. The molecule has 2 rings (SSSR count). The zero-order valence-corrected chi connectivity index (χ0v) is 11.0. The predicted octanol–water partition coefficient (Wildman–Crippen LogP) is 4.02. The Morgan fingerprint density at radius 2 is 2.06 bits per heavy atom. The maximum atomic E-state index is 13.8. The van der Waals surface area contributed by atoms with Crippen LogP contribution in [0.25, 0.3) is 10.9 Å². The average Bonchev–Trinajstić information content (AvgIpc) is 2.28. The van der Waals surface area contributed by atoms with Crippen LogP contribution in [0, 0.1) is 18.6 Å². The van der Waals surface area contributed by atoms with Crippen LogP contribution in [-0.2, 0) is 0 Å². The van der Waals surface area contributed by atoms with Crippen molar-refractivity contribution >= 4 is 32.7 Å². The van der Waals surface area contributed by atoms with Gasteiger partial charge in [-0.2, -0.15) is 0 Å². The van der Waals surface area contributed by atoms with E-state index in [4.69, 9.17) is 0 Å². The number of nitrogens with zero attached hydrogens (tertiary/aromatic N) is 1. The lowest BCUT2D eigenvalue weighted by Crippen LogP contribution is -2.03. The zero-order chi connectivity index (χ0) is 12.6. The maximum absolute atomic E-state index is 13.8. The predicted molar refractivity (Wildman–Crippen MR) is 68.3 cm³/mol. The SMILES string of the molecule is CCNc1nc2c(F)cc(Br)c(F)c2cc1C. The molecule has 0 aliphatic carbocycles. The number of nitrogens with one attached hydrogen (secondary N) is 1. The molecular weight excluding hydrogens is 290 g/mol. The highest BCUT2D eigenvalue weighted by Crippen LogP contribution is 2.29. The third-order valence-electron chi connectivity index (χ3n) is 2.48. The largest absolute Gasteiger partial charge is 0.370 e. The van der Waals surface area contributed by atoms with Crippen LogP contribution in [0.5, 0.6) is 0 Å². The van der Waals surface area contributed by atoms with E-state index in [-0.39, 0.29) is 15.4 Å². The number of aromatic nitrogens is 1. The Hall–Kier alpha value is -1.23. The van der Waals surface area contributed by atoms with Crippen molar-refractivity contribution in [1.82, 2.24) is 4.98 Å². The first-order valence-corrected chi connectivity index (χ1v) is 6.02. The number of pyridine rings is 1. The fraction of sp³-hybridized carbons (Fsp3) is 0.250. The van der Waals surface area contributed by atoms with Crippen LogP contribution in [0.1, 0.15) is 12.5 Å². The van der Waals surface area contributed by atoms with Gasteiger partial charge in [-0.15, -0.1) is 0 Å². The van der Waals surface area contributed by atoms with Gasteiger partial charge in [-0.25, -0.2) is 13.8 Å². The molecule has 1 heterocycles. The number of fused-ring (bicyclic) bond motifs is 1. The minimum absolute atomic E-state index is 0.0484. The summed E-state index contributed by atoms with van der Waals surface area (Å²) in [6.45, 7) is 4.41. The van der Waals surface area contributed by atoms with Crippen molar-refractivity contribution in [3.05, 3.63) is 33.8 Å². The van der Waals surface area contributed by atoms with Crippen LogP contribution < -0.4 is 5.32 Å². The van der Waals surface area contributed by atoms with Gasteiger partial charge in [-0.1, -0.05) is 0 Å². The van der Waals surface area contributed by atoms with E-state index in [9.17, 15) is 8.78 Å². The Morgan fingerprint density at radius 1 is 1.35 bits per heavy atom. The lowest BCUT2D eigenvalue weighted by Gasteiger charge is -2.10. The number of hydrogen-bond acceptors (Lipinski definition) is 2. The van der Waals surface area contributed by atoms with Gasteiger partial charge in [0.05, 0.1) is 4.47 Å². The highest BCUT2D eigenvalue weighted by Gasteiger charge is 2.14. The van der Waals surface area contributed by atoms with Crippen LogP contribution in [0.3, 0.4) is 0 Å². The van der Waals surface area contributed by atoms with Gasteiger partial charge in [0.1, 0.15) is 17.2 Å². The normalized spacial score (nSPS) is 10.9. The summed E-state index contributed by atoms with van der Waals surface area (Å²) in [5.74, 6) is -0.437. The van der Waals surface area contributed by atoms with Gasteiger partial charge in [-0.3, -0.25) is 0 Å². The Labute approximate surface area is 106 Å². The quantitative estimate of drug-likeness (QED) is 0.848. The first-order chi connectivity index (χ1) is 8.04. The van der Waals surface area contributed by atoms with E-state index in [1.165, 1.54) is 0 Å². The van der Waals surface area contributed by atoms with Crippen molar-refractivity contribution in [2.24, 2.45) is 0 Å². The number of halogens is 3. The molecule has 0 spiro atoms. The van der Waals surface area contributed by atoms with Gasteiger partial charge < -0.3 is 5.32 Å². The third kappa shape index (κ3) is 2.11. The lowest BCUT2D eigenvalue weighted by atomic mass is 10.1. The molecule has 0 aliphatic rings. The van der Waals surface area contributed by atoms with E-state index in [0.717, 1.165) is 11.6 Å². The minimum atomic E-state index is -0.535. The van der Waals surface area contributed by atoms with Gasteiger partial charge in [0, 0.05) is 11.9 Å². The van der Waals surface area contributed by atoms with Gasteiger partial charge in [0.2, 0.25) is 0 Å². The van der Waals surface area contributed by atoms with Gasteiger partial charge >= 0.3 is 0 Å². The molecule has 0 aliphatic heterocycles. The first kappa shape index (κ1) is 12.2. The molecule has 0 amide bonds. The second kappa shape index (κ2) is 4.56. The number of benzene rings is 1. The molecule has 0 unspecified atom stereocenters. The van der Waals surface area contributed by atoms with Crippen molar-refractivity contribution in [3.8, 4) is 0 Å². The topological polar surface area (TPSA) is 24.9 Å². The van der Waals surface area contributed by atoms with E-state index in [2.05, 4.69) is 26.2 Å². The summed E-state index contributed by atoms with van der Waals surface area (Å²) in [5, 5.41) is 3.21. The second-order valence-electron chi connectivity index (χ2n) is 3.73. The zero-order valence-electron chi connectivity index (χ0n) is 9.44. The summed E-state index contributed by atoms with van der Waals surface area (Å²) in [7, 11) is 0. The molecular formula is C12H11BrF2N2. The summed E-state index contributed by atoms with van der Waals surface area (Å²) in [6.07, 6.45) is 0. The maximum Gasteiger partial charge on any atom is 0.150 e. The van der Waals surface area contributed by atoms with E-state index in [1.54, 1.807) is 6.07 Å². The van der Waals surface area contributed by atoms with Crippen molar-refractivity contribution < 1.29 is 8.78 Å². The van der Waals surface area contributed by atoms with Gasteiger partial charge in [0.15, 0.2) is 5.82 Å². The molecule has 90 valence electrons. The molecule has 17 heavy (non-hydrogen) atoms. The van der Waals surface area contributed by atoms with Gasteiger partial charge in [-0.05, 0) is 47.5 Å². The van der Waals surface area contributed by atoms with Crippen LogP contribution in [0.15, 0.2) is 16.6 Å². The Kier molecular flexibility index (Phi) is 3.28. The van der Waals surface area contributed by atoms with Crippen molar-refractivity contribution in [1.29, 1.82) is 0 Å². The molecule has 0 atom stereocenters. The Balaban J connectivity index is 2.78. The van der Waals surface area contributed by atoms with Crippen molar-refractivity contribution in [3.63, 3.8) is 0 Å². The number of hydrogen-bond donors (Lipinski definition) is 1. The summed E-state index contributed by atoms with van der Waals surface area (Å²) in [5.41, 5.74) is 0.836. The highest BCUT2D eigenvalue weighted by atomic mass is 79.9. The molecule has 5 heteroatoms. The molecule has 1 aromatic carbocycles. The lowest BCUT2D eigenvalue weighted by molar-refractivity contribution is 0.610. The summed E-state index contributed by atoms with van der Waals surface area (Å²) >= 11 is 2.98. The monoisotopic (exact) mass is 300 g/mol. The second-order valence-corrected chi connectivity index (χ2v) is 4.59. The fourth-order valence-corrected chi connectivity index (χ4v) is 2.10. The first-order valence-electron chi connectivity index (χ1n) is 5.23. The van der Waals surface area contributed by atoms with E-state index >= 15 is 0 Å². The molecule has 1 N–H and O–H groups in total. The molecule has 2 nitrogen and oxygen atoms in total. The van der Waals surface area contributed by atoms with E-state index in [1.807, 2.05) is 13.8 Å². The number of anilines is 1. The fourth-order valence-electron chi connectivity index (χ4n) is 1.68. The standard InChI is InChI=1S/C12H11BrF2N2/c1-3-16-12-6(2)4-7-10(15)8(13)5-9(14)11(7)17-12/h4-5H,3H2,1-2H3,(H,16,17). The van der Waals surface area contributed by atoms with Crippen LogP contribution in [0.4, 0.5) is 14.6 Å². The van der Waals surface area contributed by atoms with E-state index < -0.39 is 11.6 Å². The van der Waals surface area contributed by atoms with E-state index in [0.29, 0.717) is 12.4 Å². The third-order valence-corrected chi connectivity index (χ3v) is 3.06. The molecule has 0 fully saturated rings. The Bertz CT molecular complexity index is 584. The van der Waals surface area contributed by atoms with Crippen LogP contribution in [-0.4, -0.2) is 11.5 Å². The smallest absolute Gasteiger partial charge is 0.150 e. The van der Waals surface area contributed by atoms with Crippen molar-refractivity contribution in [2.75, 3.05) is 11.9 Å². The number of aryl methyl sites for hydroxylation is 1. The molecule has 0 saturated carbocycles. The number of rotatable bonds is 2. The average molecular weight is 301 g/mol. The summed E-state index contributed by atoms with van der Waals surface area (Å²) in [6, 6.07) is 2.69.